The Kier molecular flexibility index (Phi) is 6.94. The predicted octanol–water partition coefficient (Wildman–Crippen LogP) is 6.77. The molecular weight excluding hydrogens is 368 g/mol. The second kappa shape index (κ2) is 9.62. The molecule has 0 fully saturated rings. The van der Waals surface area contributed by atoms with Crippen LogP contribution >= 0.6 is 0 Å². The molecule has 0 radical (unpaired) electrons. The summed E-state index contributed by atoms with van der Waals surface area (Å²) in [6.45, 7) is 10.7. The number of nitrogens with zero attached hydrogens (tertiary/aromatic N) is 2. The predicted molar refractivity (Wildman–Crippen MR) is 129 cm³/mol. The van der Waals surface area contributed by atoms with E-state index in [1.54, 1.807) is 7.11 Å². The van der Waals surface area contributed by atoms with Gasteiger partial charge in [-0.1, -0.05) is 69.3 Å². The van der Waals surface area contributed by atoms with Crippen molar-refractivity contribution in [3.8, 4) is 5.75 Å². The molecule has 30 heavy (non-hydrogen) atoms. The van der Waals surface area contributed by atoms with Crippen LogP contribution in [0.5, 0.6) is 5.75 Å². The van der Waals surface area contributed by atoms with Crippen LogP contribution in [0.15, 0.2) is 77.8 Å². The lowest BCUT2D eigenvalue weighted by molar-refractivity contribution is 0.415. The van der Waals surface area contributed by atoms with Crippen LogP contribution in [0.25, 0.3) is 0 Å². The Labute approximate surface area is 181 Å². The van der Waals surface area contributed by atoms with Gasteiger partial charge in [-0.25, -0.2) is 0 Å². The largest absolute Gasteiger partial charge is 0.494 e. The standard InChI is InChI=1S/C27H32N2O/c1-6-29(20-22-10-8-7-9-11-22)24-15-12-21(13-16-24)19-28-25-18-23(27(2,3)4)14-17-26(25)30-5/h7-19H,6,20H2,1-5H3. The minimum absolute atomic E-state index is 0.0700. The third kappa shape index (κ3) is 5.50. The Morgan fingerprint density at radius 1 is 0.933 bits per heavy atom. The van der Waals surface area contributed by atoms with E-state index in [-0.39, 0.29) is 5.41 Å². The molecule has 0 N–H and O–H groups in total. The van der Waals surface area contributed by atoms with Crippen LogP contribution in [0.1, 0.15) is 44.4 Å². The molecule has 0 saturated heterocycles. The normalized spacial score (nSPS) is 11.6. The second-order valence-electron chi connectivity index (χ2n) is 8.49. The van der Waals surface area contributed by atoms with E-state index in [0.717, 1.165) is 30.1 Å². The molecule has 3 nitrogen and oxygen atoms in total. The molecule has 3 aromatic rings. The van der Waals surface area contributed by atoms with Gasteiger partial charge in [0.1, 0.15) is 11.4 Å². The van der Waals surface area contributed by atoms with Crippen LogP contribution in [-0.4, -0.2) is 19.9 Å². The molecule has 3 heteroatoms. The molecule has 0 aromatic heterocycles. The summed E-state index contributed by atoms with van der Waals surface area (Å²) in [5.74, 6) is 0.788. The van der Waals surface area contributed by atoms with Crippen LogP contribution in [0.2, 0.25) is 0 Å². The van der Waals surface area contributed by atoms with E-state index in [1.807, 2.05) is 12.3 Å². The van der Waals surface area contributed by atoms with E-state index in [2.05, 4.69) is 99.3 Å². The van der Waals surface area contributed by atoms with Crippen LogP contribution < -0.4 is 9.64 Å². The highest BCUT2D eigenvalue weighted by Gasteiger charge is 2.15. The second-order valence-corrected chi connectivity index (χ2v) is 8.49. The fourth-order valence-electron chi connectivity index (χ4n) is 3.36. The third-order valence-electron chi connectivity index (χ3n) is 5.25. The van der Waals surface area contributed by atoms with Gasteiger partial charge in [0.05, 0.1) is 7.11 Å². The topological polar surface area (TPSA) is 24.8 Å². The van der Waals surface area contributed by atoms with Gasteiger partial charge in [-0.3, -0.25) is 4.99 Å². The molecule has 0 aliphatic rings. The minimum atomic E-state index is 0.0700. The van der Waals surface area contributed by atoms with Gasteiger partial charge in [-0.05, 0) is 53.3 Å². The third-order valence-corrected chi connectivity index (χ3v) is 5.25. The van der Waals surface area contributed by atoms with E-state index in [9.17, 15) is 0 Å². The lowest BCUT2D eigenvalue weighted by Crippen LogP contribution is -2.21. The molecule has 156 valence electrons. The van der Waals surface area contributed by atoms with Crippen molar-refractivity contribution >= 4 is 17.6 Å². The van der Waals surface area contributed by atoms with E-state index in [4.69, 9.17) is 9.73 Å². The van der Waals surface area contributed by atoms with Crippen molar-refractivity contribution in [2.75, 3.05) is 18.6 Å². The van der Waals surface area contributed by atoms with Crippen molar-refractivity contribution < 1.29 is 4.74 Å². The molecule has 0 saturated carbocycles. The Bertz CT molecular complexity index is 970. The number of ether oxygens (including phenoxy) is 1. The molecule has 0 bridgehead atoms. The van der Waals surface area contributed by atoms with Gasteiger partial charge in [0, 0.05) is 25.0 Å². The number of rotatable bonds is 7. The maximum absolute atomic E-state index is 5.50. The average molecular weight is 401 g/mol. The Morgan fingerprint density at radius 2 is 1.63 bits per heavy atom. The zero-order chi connectivity index (χ0) is 21.6. The molecule has 0 spiro atoms. The monoisotopic (exact) mass is 400 g/mol. The van der Waals surface area contributed by atoms with Crippen molar-refractivity contribution in [3.63, 3.8) is 0 Å². The fourth-order valence-corrected chi connectivity index (χ4v) is 3.36. The highest BCUT2D eigenvalue weighted by molar-refractivity contribution is 5.83. The highest BCUT2D eigenvalue weighted by atomic mass is 16.5. The number of anilines is 1. The first-order chi connectivity index (χ1) is 14.4. The molecule has 0 heterocycles. The number of benzene rings is 3. The summed E-state index contributed by atoms with van der Waals surface area (Å²) < 4.78 is 5.50. The fraction of sp³-hybridized carbons (Fsp3) is 0.296. The summed E-state index contributed by atoms with van der Waals surface area (Å²) in [6.07, 6.45) is 1.90. The zero-order valence-corrected chi connectivity index (χ0v) is 18.7. The summed E-state index contributed by atoms with van der Waals surface area (Å²) in [7, 11) is 1.69. The first kappa shape index (κ1) is 21.6. The maximum Gasteiger partial charge on any atom is 0.144 e. The average Bonchev–Trinajstić information content (AvgIpc) is 2.76. The first-order valence-electron chi connectivity index (χ1n) is 10.5. The number of aliphatic imine (C=N–C) groups is 1. The summed E-state index contributed by atoms with van der Waals surface area (Å²) in [5.41, 5.74) is 5.76. The van der Waals surface area contributed by atoms with Crippen molar-refractivity contribution in [1.82, 2.24) is 0 Å². The molecule has 3 rings (SSSR count). The lowest BCUT2D eigenvalue weighted by atomic mass is 9.87. The molecule has 0 aliphatic carbocycles. The van der Waals surface area contributed by atoms with Gasteiger partial charge in [0.15, 0.2) is 0 Å². The van der Waals surface area contributed by atoms with Gasteiger partial charge in [-0.15, -0.1) is 0 Å². The Hall–Kier alpha value is -3.07. The summed E-state index contributed by atoms with van der Waals surface area (Å²) in [6, 6.07) is 25.4. The highest BCUT2D eigenvalue weighted by Crippen LogP contribution is 2.33. The van der Waals surface area contributed by atoms with E-state index in [1.165, 1.54) is 16.8 Å². The van der Waals surface area contributed by atoms with E-state index < -0.39 is 0 Å². The number of hydrogen-bond donors (Lipinski definition) is 0. The van der Waals surface area contributed by atoms with Crippen LogP contribution in [0.4, 0.5) is 11.4 Å². The van der Waals surface area contributed by atoms with Gasteiger partial charge >= 0.3 is 0 Å². The van der Waals surface area contributed by atoms with Gasteiger partial charge < -0.3 is 9.64 Å². The quantitative estimate of drug-likeness (QED) is 0.409. The van der Waals surface area contributed by atoms with Gasteiger partial charge in [0.2, 0.25) is 0 Å². The molecule has 0 aliphatic heterocycles. The number of methoxy groups -OCH3 is 1. The van der Waals surface area contributed by atoms with E-state index >= 15 is 0 Å². The van der Waals surface area contributed by atoms with Gasteiger partial charge in [-0.2, -0.15) is 0 Å². The zero-order valence-electron chi connectivity index (χ0n) is 18.7. The molecular formula is C27H32N2O. The minimum Gasteiger partial charge on any atom is -0.494 e. The number of hydrogen-bond acceptors (Lipinski definition) is 3. The Morgan fingerprint density at radius 3 is 2.23 bits per heavy atom. The Balaban J connectivity index is 1.77. The van der Waals surface area contributed by atoms with E-state index in [0.29, 0.717) is 0 Å². The molecule has 0 amide bonds. The van der Waals surface area contributed by atoms with Crippen LogP contribution in [-0.2, 0) is 12.0 Å². The molecule has 0 unspecified atom stereocenters. The van der Waals surface area contributed by atoms with Crippen molar-refractivity contribution in [2.24, 2.45) is 4.99 Å². The van der Waals surface area contributed by atoms with Crippen LogP contribution in [0, 0.1) is 0 Å². The smallest absolute Gasteiger partial charge is 0.144 e. The molecule has 3 aromatic carbocycles. The SMILES string of the molecule is CCN(Cc1ccccc1)c1ccc(C=Nc2cc(C(C)(C)C)ccc2OC)cc1. The first-order valence-corrected chi connectivity index (χ1v) is 10.5. The van der Waals surface area contributed by atoms with Crippen molar-refractivity contribution in [3.05, 3.63) is 89.5 Å². The summed E-state index contributed by atoms with van der Waals surface area (Å²) >= 11 is 0. The maximum atomic E-state index is 5.50. The van der Waals surface area contributed by atoms with Crippen LogP contribution in [0.3, 0.4) is 0 Å². The van der Waals surface area contributed by atoms with Crippen molar-refractivity contribution in [1.29, 1.82) is 0 Å². The molecule has 0 atom stereocenters. The van der Waals surface area contributed by atoms with Crippen molar-refractivity contribution in [2.45, 2.75) is 39.7 Å². The van der Waals surface area contributed by atoms with Gasteiger partial charge in [0.25, 0.3) is 0 Å². The summed E-state index contributed by atoms with van der Waals surface area (Å²) in [5, 5.41) is 0. The summed E-state index contributed by atoms with van der Waals surface area (Å²) in [4.78, 5) is 7.09. The lowest BCUT2D eigenvalue weighted by Gasteiger charge is -2.23.